The van der Waals surface area contributed by atoms with Crippen LogP contribution in [0, 0.1) is 0 Å². The average molecular weight is 401 g/mol. The van der Waals surface area contributed by atoms with Crippen molar-refractivity contribution in [2.45, 2.75) is 13.5 Å². The van der Waals surface area contributed by atoms with Crippen molar-refractivity contribution in [2.24, 2.45) is 7.05 Å². The molecule has 0 aliphatic carbocycles. The third-order valence-corrected chi connectivity index (χ3v) is 4.30. The Morgan fingerprint density at radius 2 is 1.96 bits per heavy atom. The monoisotopic (exact) mass is 400 g/mol. The lowest BCUT2D eigenvalue weighted by molar-refractivity contribution is 0.101. The molecule has 0 fully saturated rings. The first-order chi connectivity index (χ1) is 12.0. The first-order valence-corrected chi connectivity index (χ1v) is 8.58. The molecule has 128 valence electrons. The average Bonchev–Trinajstić information content (AvgIpc) is 3.20. The molecule has 6 nitrogen and oxygen atoms in total. The highest BCUT2D eigenvalue weighted by Gasteiger charge is 2.15. The summed E-state index contributed by atoms with van der Waals surface area (Å²) in [6.07, 6.45) is 5.18. The van der Waals surface area contributed by atoms with E-state index in [1.165, 1.54) is 0 Å². The van der Waals surface area contributed by atoms with Gasteiger partial charge in [0.2, 0.25) is 5.78 Å². The van der Waals surface area contributed by atoms with Crippen LogP contribution in [0.5, 0.6) is 0 Å². The summed E-state index contributed by atoms with van der Waals surface area (Å²) in [5.41, 5.74) is 1.72. The number of aromatic nitrogens is 3. The van der Waals surface area contributed by atoms with Gasteiger partial charge in [-0.05, 0) is 53.2 Å². The maximum Gasteiger partial charge on any atom is 0.272 e. The number of nitrogens with one attached hydrogen (secondary N) is 1. The van der Waals surface area contributed by atoms with Gasteiger partial charge in [-0.2, -0.15) is 0 Å². The SMILES string of the molecule is CCn1cc(Br)cc1C(=O)Nc1ccc(C(=O)c2nccn2C)cc1. The Balaban J connectivity index is 1.75. The number of hydrogen-bond acceptors (Lipinski definition) is 3. The number of amides is 1. The standard InChI is InChI=1S/C18H17BrN4O2/c1-3-23-11-13(19)10-15(23)18(25)21-14-6-4-12(5-7-14)16(24)17-20-8-9-22(17)2/h4-11H,3H2,1-2H3,(H,21,25). The highest BCUT2D eigenvalue weighted by molar-refractivity contribution is 9.10. The van der Waals surface area contributed by atoms with E-state index in [2.05, 4.69) is 26.2 Å². The van der Waals surface area contributed by atoms with Crippen molar-refractivity contribution in [2.75, 3.05) is 5.32 Å². The lowest BCUT2D eigenvalue weighted by Gasteiger charge is -2.08. The van der Waals surface area contributed by atoms with Gasteiger partial charge in [0.15, 0.2) is 5.82 Å². The van der Waals surface area contributed by atoms with E-state index in [4.69, 9.17) is 0 Å². The molecule has 0 unspecified atom stereocenters. The molecule has 1 aromatic carbocycles. The quantitative estimate of drug-likeness (QED) is 0.666. The molecular weight excluding hydrogens is 384 g/mol. The molecule has 3 rings (SSSR count). The van der Waals surface area contributed by atoms with Crippen molar-refractivity contribution < 1.29 is 9.59 Å². The van der Waals surface area contributed by atoms with Gasteiger partial charge in [0.05, 0.1) is 0 Å². The predicted octanol–water partition coefficient (Wildman–Crippen LogP) is 3.49. The summed E-state index contributed by atoms with van der Waals surface area (Å²) in [5, 5.41) is 2.85. The minimum atomic E-state index is -0.198. The van der Waals surface area contributed by atoms with Gasteiger partial charge in [0.1, 0.15) is 5.69 Å². The summed E-state index contributed by atoms with van der Waals surface area (Å²) in [6, 6.07) is 8.56. The molecule has 0 aliphatic rings. The van der Waals surface area contributed by atoms with Crippen molar-refractivity contribution >= 4 is 33.3 Å². The van der Waals surface area contributed by atoms with Crippen molar-refractivity contribution in [3.05, 3.63) is 70.5 Å². The van der Waals surface area contributed by atoms with Gasteiger partial charge in [-0.15, -0.1) is 0 Å². The van der Waals surface area contributed by atoms with Gasteiger partial charge in [-0.25, -0.2) is 4.98 Å². The molecule has 2 heterocycles. The molecule has 0 saturated heterocycles. The Morgan fingerprint density at radius 3 is 2.56 bits per heavy atom. The fourth-order valence-corrected chi connectivity index (χ4v) is 3.00. The smallest absolute Gasteiger partial charge is 0.272 e. The lowest BCUT2D eigenvalue weighted by atomic mass is 10.1. The maximum absolute atomic E-state index is 12.4. The number of imidazole rings is 1. The molecule has 7 heteroatoms. The summed E-state index contributed by atoms with van der Waals surface area (Å²) in [6.45, 7) is 2.67. The lowest BCUT2D eigenvalue weighted by Crippen LogP contribution is -2.16. The number of benzene rings is 1. The molecule has 1 amide bonds. The second-order valence-electron chi connectivity index (χ2n) is 5.55. The third kappa shape index (κ3) is 3.56. The minimum Gasteiger partial charge on any atom is -0.343 e. The zero-order chi connectivity index (χ0) is 18.0. The van der Waals surface area contributed by atoms with Crippen LogP contribution in [0.2, 0.25) is 0 Å². The van der Waals surface area contributed by atoms with Crippen molar-refractivity contribution in [1.29, 1.82) is 0 Å². The normalized spacial score (nSPS) is 10.7. The molecular formula is C18H17BrN4O2. The van der Waals surface area contributed by atoms with E-state index in [1.54, 1.807) is 54.3 Å². The number of hydrogen-bond donors (Lipinski definition) is 1. The van der Waals surface area contributed by atoms with Gasteiger partial charge in [-0.1, -0.05) is 0 Å². The number of carbonyl (C=O) groups is 2. The first-order valence-electron chi connectivity index (χ1n) is 7.78. The van der Waals surface area contributed by atoms with Crippen LogP contribution in [0.15, 0.2) is 53.4 Å². The molecule has 0 spiro atoms. The summed E-state index contributed by atoms with van der Waals surface area (Å²) < 4.78 is 4.39. The van der Waals surface area contributed by atoms with Crippen LogP contribution in [0.3, 0.4) is 0 Å². The fourth-order valence-electron chi connectivity index (χ4n) is 2.54. The van der Waals surface area contributed by atoms with E-state index >= 15 is 0 Å². The summed E-state index contributed by atoms with van der Waals surface area (Å²) >= 11 is 3.38. The molecule has 2 aromatic heterocycles. The van der Waals surface area contributed by atoms with E-state index in [-0.39, 0.29) is 11.7 Å². The largest absolute Gasteiger partial charge is 0.343 e. The van der Waals surface area contributed by atoms with E-state index in [0.717, 1.165) is 4.47 Å². The first kappa shape index (κ1) is 17.2. The van der Waals surface area contributed by atoms with Crippen LogP contribution in [0.4, 0.5) is 5.69 Å². The predicted molar refractivity (Wildman–Crippen MR) is 98.8 cm³/mol. The van der Waals surface area contributed by atoms with Crippen LogP contribution < -0.4 is 5.32 Å². The summed E-state index contributed by atoms with van der Waals surface area (Å²) in [7, 11) is 1.77. The highest BCUT2D eigenvalue weighted by atomic mass is 79.9. The Hall–Kier alpha value is -2.67. The van der Waals surface area contributed by atoms with Gasteiger partial charge >= 0.3 is 0 Å². The van der Waals surface area contributed by atoms with Crippen LogP contribution in [0.25, 0.3) is 0 Å². The molecule has 0 radical (unpaired) electrons. The number of halogens is 1. The molecule has 3 aromatic rings. The minimum absolute atomic E-state index is 0.158. The second kappa shape index (κ2) is 7.06. The Bertz CT molecular complexity index is 925. The van der Waals surface area contributed by atoms with Crippen LogP contribution >= 0.6 is 15.9 Å². The van der Waals surface area contributed by atoms with E-state index in [9.17, 15) is 9.59 Å². The van der Waals surface area contributed by atoms with E-state index in [0.29, 0.717) is 29.3 Å². The van der Waals surface area contributed by atoms with Crippen molar-refractivity contribution in [3.63, 3.8) is 0 Å². The topological polar surface area (TPSA) is 68.9 Å². The van der Waals surface area contributed by atoms with Gasteiger partial charge in [-0.3, -0.25) is 9.59 Å². The molecule has 0 saturated carbocycles. The van der Waals surface area contributed by atoms with Gasteiger partial charge in [0, 0.05) is 47.9 Å². The van der Waals surface area contributed by atoms with E-state index in [1.807, 2.05) is 17.7 Å². The van der Waals surface area contributed by atoms with Crippen molar-refractivity contribution in [1.82, 2.24) is 14.1 Å². The number of carbonyl (C=O) groups excluding carboxylic acids is 2. The van der Waals surface area contributed by atoms with Crippen LogP contribution in [0.1, 0.15) is 33.6 Å². The zero-order valence-electron chi connectivity index (χ0n) is 13.9. The molecule has 0 bridgehead atoms. The number of anilines is 1. The van der Waals surface area contributed by atoms with Crippen LogP contribution in [-0.4, -0.2) is 25.8 Å². The zero-order valence-corrected chi connectivity index (χ0v) is 15.4. The van der Waals surface area contributed by atoms with Crippen molar-refractivity contribution in [3.8, 4) is 0 Å². The number of ketones is 1. The Kier molecular flexibility index (Phi) is 4.85. The number of rotatable bonds is 5. The number of aryl methyl sites for hydroxylation is 2. The number of nitrogens with zero attached hydrogens (tertiary/aromatic N) is 3. The van der Waals surface area contributed by atoms with Crippen LogP contribution in [-0.2, 0) is 13.6 Å². The van der Waals surface area contributed by atoms with Gasteiger partial charge in [0.25, 0.3) is 5.91 Å². The summed E-state index contributed by atoms with van der Waals surface area (Å²) in [5.74, 6) is 0.0207. The van der Waals surface area contributed by atoms with E-state index < -0.39 is 0 Å². The second-order valence-corrected chi connectivity index (χ2v) is 6.47. The highest BCUT2D eigenvalue weighted by Crippen LogP contribution is 2.18. The molecule has 0 aliphatic heterocycles. The summed E-state index contributed by atoms with van der Waals surface area (Å²) in [4.78, 5) is 28.9. The molecule has 25 heavy (non-hydrogen) atoms. The fraction of sp³-hybridized carbons (Fsp3) is 0.167. The third-order valence-electron chi connectivity index (χ3n) is 3.87. The Morgan fingerprint density at radius 1 is 1.24 bits per heavy atom. The maximum atomic E-state index is 12.4. The molecule has 0 atom stereocenters. The van der Waals surface area contributed by atoms with Gasteiger partial charge < -0.3 is 14.5 Å². The Labute approximate surface area is 153 Å². The molecule has 1 N–H and O–H groups in total.